The highest BCUT2D eigenvalue weighted by Gasteiger charge is 2.21. The van der Waals surface area contributed by atoms with E-state index < -0.39 is 0 Å². The molecule has 2 N–H and O–H groups in total. The van der Waals surface area contributed by atoms with Crippen molar-refractivity contribution in [1.29, 1.82) is 0 Å². The van der Waals surface area contributed by atoms with Crippen molar-refractivity contribution >= 4 is 17.5 Å². The minimum absolute atomic E-state index is 0.193. The molecule has 2 aromatic carbocycles. The molecule has 0 aliphatic heterocycles. The predicted molar refractivity (Wildman–Crippen MR) is 132 cm³/mol. The van der Waals surface area contributed by atoms with Crippen LogP contribution in [0.25, 0.3) is 5.69 Å². The molecule has 0 atom stereocenters. The van der Waals surface area contributed by atoms with Crippen LogP contribution in [0.5, 0.6) is 17.2 Å². The Labute approximate surface area is 198 Å². The maximum absolute atomic E-state index is 12.8. The maximum atomic E-state index is 12.8. The topological polar surface area (TPSA) is 90.3 Å². The van der Waals surface area contributed by atoms with Gasteiger partial charge in [-0.25, -0.2) is 9.48 Å². The van der Waals surface area contributed by atoms with Crippen LogP contribution in [0.3, 0.4) is 0 Å². The van der Waals surface area contributed by atoms with Crippen molar-refractivity contribution in [2.45, 2.75) is 26.2 Å². The number of anilines is 2. The number of hydrogen-bond donors (Lipinski definition) is 2. The number of urea groups is 1. The van der Waals surface area contributed by atoms with Crippen LogP contribution in [-0.4, -0.2) is 27.9 Å². The van der Waals surface area contributed by atoms with Crippen molar-refractivity contribution in [2.75, 3.05) is 17.7 Å². The Balaban J connectivity index is 1.50. The van der Waals surface area contributed by atoms with Gasteiger partial charge in [0, 0.05) is 35.6 Å². The first-order valence-corrected chi connectivity index (χ1v) is 10.8. The molecule has 34 heavy (non-hydrogen) atoms. The Kier molecular flexibility index (Phi) is 6.49. The van der Waals surface area contributed by atoms with Gasteiger partial charge in [0.25, 0.3) is 0 Å². The molecule has 0 unspecified atom stereocenters. The smallest absolute Gasteiger partial charge is 0.324 e. The van der Waals surface area contributed by atoms with Gasteiger partial charge < -0.3 is 14.8 Å². The van der Waals surface area contributed by atoms with Gasteiger partial charge in [-0.05, 0) is 48.5 Å². The Morgan fingerprint density at radius 3 is 2.26 bits per heavy atom. The third kappa shape index (κ3) is 5.53. The molecule has 0 aliphatic rings. The number of methoxy groups -OCH3 is 1. The number of amides is 2. The number of nitrogens with one attached hydrogen (secondary N) is 2. The summed E-state index contributed by atoms with van der Waals surface area (Å²) >= 11 is 0. The van der Waals surface area contributed by atoms with E-state index in [4.69, 9.17) is 14.6 Å². The van der Waals surface area contributed by atoms with Gasteiger partial charge in [-0.15, -0.1) is 0 Å². The molecule has 4 aromatic rings. The number of benzene rings is 2. The fraction of sp³-hybridized carbons (Fsp3) is 0.192. The summed E-state index contributed by atoms with van der Waals surface area (Å²) in [5.41, 5.74) is 2.07. The molecule has 2 heterocycles. The summed E-state index contributed by atoms with van der Waals surface area (Å²) in [6.07, 6.45) is 3.33. The van der Waals surface area contributed by atoms with Gasteiger partial charge in [0.1, 0.15) is 23.1 Å². The van der Waals surface area contributed by atoms with Crippen LogP contribution in [-0.2, 0) is 5.41 Å². The van der Waals surface area contributed by atoms with E-state index in [9.17, 15) is 4.79 Å². The number of carbonyl (C=O) groups is 1. The zero-order valence-electron chi connectivity index (χ0n) is 19.6. The number of carbonyl (C=O) groups excluding carboxylic acids is 1. The van der Waals surface area contributed by atoms with Gasteiger partial charge in [0.15, 0.2) is 0 Å². The summed E-state index contributed by atoms with van der Waals surface area (Å²) in [4.78, 5) is 16.8. The standard InChI is InChI=1S/C26H27N5O3/c1-26(2,3)23-17-24(31(30-23)19-6-5-7-22(16-19)33-4)29-25(32)28-18-8-10-20(11-9-18)34-21-12-14-27-15-13-21/h5-17H,1-4H3,(H2,28,29,32). The third-order valence-electron chi connectivity index (χ3n) is 5.01. The second kappa shape index (κ2) is 9.66. The summed E-state index contributed by atoms with van der Waals surface area (Å²) in [6.45, 7) is 6.22. The van der Waals surface area contributed by atoms with E-state index in [0.717, 1.165) is 11.4 Å². The lowest BCUT2D eigenvalue weighted by Crippen LogP contribution is -2.21. The minimum atomic E-state index is -0.382. The third-order valence-corrected chi connectivity index (χ3v) is 5.01. The van der Waals surface area contributed by atoms with E-state index in [-0.39, 0.29) is 11.4 Å². The highest BCUT2D eigenvalue weighted by atomic mass is 16.5. The number of aromatic nitrogens is 3. The van der Waals surface area contributed by atoms with E-state index in [1.54, 1.807) is 60.6 Å². The molecule has 0 fully saturated rings. The van der Waals surface area contributed by atoms with Gasteiger partial charge in [-0.3, -0.25) is 10.3 Å². The lowest BCUT2D eigenvalue weighted by atomic mass is 9.92. The molecular formula is C26H27N5O3. The Hall–Kier alpha value is -4.33. The molecule has 0 radical (unpaired) electrons. The number of hydrogen-bond acceptors (Lipinski definition) is 5. The van der Waals surface area contributed by atoms with Crippen LogP contribution in [0.1, 0.15) is 26.5 Å². The predicted octanol–water partition coefficient (Wildman–Crippen LogP) is 6.01. The molecule has 4 rings (SSSR count). The van der Waals surface area contributed by atoms with Crippen LogP contribution in [0.4, 0.5) is 16.3 Å². The van der Waals surface area contributed by atoms with E-state index >= 15 is 0 Å². The van der Waals surface area contributed by atoms with Crippen molar-refractivity contribution in [3.63, 3.8) is 0 Å². The van der Waals surface area contributed by atoms with E-state index in [1.165, 1.54) is 0 Å². The van der Waals surface area contributed by atoms with Crippen molar-refractivity contribution in [3.8, 4) is 22.9 Å². The lowest BCUT2D eigenvalue weighted by Gasteiger charge is -2.14. The summed E-state index contributed by atoms with van der Waals surface area (Å²) < 4.78 is 12.8. The molecule has 0 saturated carbocycles. The summed E-state index contributed by atoms with van der Waals surface area (Å²) in [5.74, 6) is 2.60. The Morgan fingerprint density at radius 1 is 0.882 bits per heavy atom. The average molecular weight is 458 g/mol. The molecule has 2 amide bonds. The molecule has 0 saturated heterocycles. The highest BCUT2D eigenvalue weighted by molar-refractivity contribution is 5.99. The van der Waals surface area contributed by atoms with Crippen molar-refractivity contribution in [1.82, 2.24) is 14.8 Å². The Bertz CT molecular complexity index is 1260. The quantitative estimate of drug-likeness (QED) is 0.370. The zero-order chi connectivity index (χ0) is 24.1. The normalized spacial score (nSPS) is 11.1. The molecule has 2 aromatic heterocycles. The first kappa shape index (κ1) is 22.8. The minimum Gasteiger partial charge on any atom is -0.497 e. The molecule has 8 heteroatoms. The van der Waals surface area contributed by atoms with Crippen molar-refractivity contribution < 1.29 is 14.3 Å². The Morgan fingerprint density at radius 2 is 1.59 bits per heavy atom. The molecule has 0 bridgehead atoms. The van der Waals surface area contributed by atoms with Crippen molar-refractivity contribution in [3.05, 3.63) is 84.8 Å². The molecule has 8 nitrogen and oxygen atoms in total. The second-order valence-corrected chi connectivity index (χ2v) is 8.67. The second-order valence-electron chi connectivity index (χ2n) is 8.67. The summed E-state index contributed by atoms with van der Waals surface area (Å²) in [7, 11) is 1.61. The summed E-state index contributed by atoms with van der Waals surface area (Å²) in [5, 5.41) is 10.5. The van der Waals surface area contributed by atoms with Crippen LogP contribution < -0.4 is 20.1 Å². The largest absolute Gasteiger partial charge is 0.497 e. The zero-order valence-corrected chi connectivity index (χ0v) is 19.6. The van der Waals surface area contributed by atoms with E-state index in [1.807, 2.05) is 30.3 Å². The van der Waals surface area contributed by atoms with Gasteiger partial charge >= 0.3 is 6.03 Å². The van der Waals surface area contributed by atoms with Gasteiger partial charge in [0.2, 0.25) is 0 Å². The first-order chi connectivity index (χ1) is 16.3. The monoisotopic (exact) mass is 457 g/mol. The average Bonchev–Trinajstić information content (AvgIpc) is 3.25. The number of rotatable bonds is 6. The van der Waals surface area contributed by atoms with E-state index in [0.29, 0.717) is 28.8 Å². The van der Waals surface area contributed by atoms with Crippen LogP contribution >= 0.6 is 0 Å². The van der Waals surface area contributed by atoms with Crippen LogP contribution in [0, 0.1) is 0 Å². The van der Waals surface area contributed by atoms with Gasteiger partial charge in [-0.2, -0.15) is 5.10 Å². The lowest BCUT2D eigenvalue weighted by molar-refractivity contribution is 0.262. The van der Waals surface area contributed by atoms with Crippen LogP contribution in [0.2, 0.25) is 0 Å². The van der Waals surface area contributed by atoms with Crippen molar-refractivity contribution in [2.24, 2.45) is 0 Å². The highest BCUT2D eigenvalue weighted by Crippen LogP contribution is 2.28. The molecule has 174 valence electrons. The fourth-order valence-electron chi connectivity index (χ4n) is 3.20. The molecule has 0 aliphatic carbocycles. The molecule has 0 spiro atoms. The molecular weight excluding hydrogens is 430 g/mol. The number of ether oxygens (including phenoxy) is 2. The van der Waals surface area contributed by atoms with E-state index in [2.05, 4.69) is 36.4 Å². The maximum Gasteiger partial charge on any atom is 0.324 e. The number of nitrogens with zero attached hydrogens (tertiary/aromatic N) is 3. The number of pyridine rings is 1. The first-order valence-electron chi connectivity index (χ1n) is 10.8. The van der Waals surface area contributed by atoms with Gasteiger partial charge in [-0.1, -0.05) is 26.8 Å². The van der Waals surface area contributed by atoms with Crippen LogP contribution in [0.15, 0.2) is 79.1 Å². The summed E-state index contributed by atoms with van der Waals surface area (Å²) in [6, 6.07) is 19.7. The van der Waals surface area contributed by atoms with Gasteiger partial charge in [0.05, 0.1) is 18.5 Å². The SMILES string of the molecule is COc1cccc(-n2nc(C(C)(C)C)cc2NC(=O)Nc2ccc(Oc3ccncc3)cc2)c1. The fourth-order valence-corrected chi connectivity index (χ4v) is 3.20.